The van der Waals surface area contributed by atoms with Crippen LogP contribution in [0.15, 0.2) is 30.3 Å². The number of benzene rings is 2. The summed E-state index contributed by atoms with van der Waals surface area (Å²) in [5.41, 5.74) is 11.1. The van der Waals surface area contributed by atoms with Crippen LogP contribution < -0.4 is 10.5 Å². The molecule has 0 spiro atoms. The summed E-state index contributed by atoms with van der Waals surface area (Å²) in [6, 6.07) is 10.1. The van der Waals surface area contributed by atoms with Crippen LogP contribution in [0.4, 0.5) is 0 Å². The van der Waals surface area contributed by atoms with Gasteiger partial charge < -0.3 is 10.5 Å². The molecule has 0 radical (unpaired) electrons. The van der Waals surface area contributed by atoms with Gasteiger partial charge in [0, 0.05) is 17.1 Å². The van der Waals surface area contributed by atoms with E-state index >= 15 is 0 Å². The van der Waals surface area contributed by atoms with Crippen molar-refractivity contribution in [1.82, 2.24) is 0 Å². The normalized spacial score (nSPS) is 10.6. The molecule has 0 fully saturated rings. The highest BCUT2D eigenvalue weighted by molar-refractivity contribution is 6.33. The molecule has 0 aromatic heterocycles. The maximum absolute atomic E-state index is 6.35. The molecule has 2 aromatic carbocycles. The van der Waals surface area contributed by atoms with Crippen LogP contribution in [0.2, 0.25) is 5.02 Å². The molecule has 2 rings (SSSR count). The van der Waals surface area contributed by atoms with Gasteiger partial charge >= 0.3 is 0 Å². The minimum atomic E-state index is 0.501. The molecule has 0 aliphatic carbocycles. The maximum atomic E-state index is 6.35. The molecule has 2 aromatic rings. The Bertz CT molecular complexity index is 608. The van der Waals surface area contributed by atoms with E-state index in [1.165, 1.54) is 0 Å². The molecule has 0 saturated heterocycles. The number of methoxy groups -OCH3 is 1. The Labute approximate surface area is 119 Å². The Balaban J connectivity index is 2.56. The minimum absolute atomic E-state index is 0.501. The van der Waals surface area contributed by atoms with Gasteiger partial charge in [-0.2, -0.15) is 0 Å². The molecule has 2 N–H and O–H groups in total. The van der Waals surface area contributed by atoms with Crippen molar-refractivity contribution in [2.24, 2.45) is 5.73 Å². The van der Waals surface area contributed by atoms with Crippen LogP contribution in [0.3, 0.4) is 0 Å². The molecule has 19 heavy (non-hydrogen) atoms. The van der Waals surface area contributed by atoms with Crippen LogP contribution in [0, 0.1) is 13.8 Å². The quantitative estimate of drug-likeness (QED) is 0.916. The summed E-state index contributed by atoms with van der Waals surface area (Å²) in [4.78, 5) is 0. The van der Waals surface area contributed by atoms with Gasteiger partial charge in [-0.15, -0.1) is 0 Å². The molecule has 0 aliphatic heterocycles. The van der Waals surface area contributed by atoms with E-state index in [9.17, 15) is 0 Å². The zero-order chi connectivity index (χ0) is 14.0. The lowest BCUT2D eigenvalue weighted by Gasteiger charge is -2.13. The molecule has 0 heterocycles. The number of nitrogens with two attached hydrogens (primary N) is 1. The minimum Gasteiger partial charge on any atom is -0.496 e. The summed E-state index contributed by atoms with van der Waals surface area (Å²) in [7, 11) is 1.68. The van der Waals surface area contributed by atoms with Crippen molar-refractivity contribution < 1.29 is 4.74 Å². The smallest absolute Gasteiger partial charge is 0.122 e. The van der Waals surface area contributed by atoms with E-state index in [2.05, 4.69) is 13.0 Å². The van der Waals surface area contributed by atoms with Crippen molar-refractivity contribution in [1.29, 1.82) is 0 Å². The van der Waals surface area contributed by atoms with E-state index in [1.807, 2.05) is 31.2 Å². The second kappa shape index (κ2) is 5.64. The Morgan fingerprint density at radius 3 is 2.37 bits per heavy atom. The van der Waals surface area contributed by atoms with Crippen LogP contribution in [0.5, 0.6) is 5.75 Å². The van der Waals surface area contributed by atoms with Gasteiger partial charge in [0.25, 0.3) is 0 Å². The third-order valence-electron chi connectivity index (χ3n) is 3.30. The highest BCUT2D eigenvalue weighted by Gasteiger charge is 2.10. The number of aryl methyl sites for hydroxylation is 2. The van der Waals surface area contributed by atoms with E-state index < -0.39 is 0 Å². The van der Waals surface area contributed by atoms with E-state index in [0.717, 1.165) is 38.6 Å². The summed E-state index contributed by atoms with van der Waals surface area (Å²) in [6.07, 6.45) is 0. The number of hydrogen-bond acceptors (Lipinski definition) is 2. The first-order valence-corrected chi connectivity index (χ1v) is 6.58. The largest absolute Gasteiger partial charge is 0.496 e. The van der Waals surface area contributed by atoms with Crippen LogP contribution in [0.1, 0.15) is 16.7 Å². The Kier molecular flexibility index (Phi) is 4.13. The predicted octanol–water partition coefficient (Wildman–Crippen LogP) is 4.09. The molecular weight excluding hydrogens is 258 g/mol. The molecule has 3 heteroatoms. The van der Waals surface area contributed by atoms with E-state index in [4.69, 9.17) is 22.1 Å². The van der Waals surface area contributed by atoms with Crippen molar-refractivity contribution >= 4 is 11.6 Å². The lowest BCUT2D eigenvalue weighted by atomic mass is 9.97. The lowest BCUT2D eigenvalue weighted by Crippen LogP contribution is -1.97. The standard InChI is InChI=1S/C16H18ClNO/c1-10-7-16(19-3)11(2)6-14(10)13-5-4-12(9-18)8-15(13)17/h4-8H,9,18H2,1-3H3. The van der Waals surface area contributed by atoms with Crippen molar-refractivity contribution in [3.63, 3.8) is 0 Å². The fraction of sp³-hybridized carbons (Fsp3) is 0.250. The molecule has 0 unspecified atom stereocenters. The molecular formula is C16H18ClNO. The van der Waals surface area contributed by atoms with E-state index in [-0.39, 0.29) is 0 Å². The molecule has 2 nitrogen and oxygen atoms in total. The first kappa shape index (κ1) is 13.9. The van der Waals surface area contributed by atoms with E-state index in [0.29, 0.717) is 6.54 Å². The van der Waals surface area contributed by atoms with Crippen molar-refractivity contribution in [3.05, 3.63) is 52.0 Å². The second-order valence-corrected chi connectivity index (χ2v) is 5.06. The third kappa shape index (κ3) is 2.75. The zero-order valence-electron chi connectivity index (χ0n) is 11.5. The first-order chi connectivity index (χ1) is 9.06. The lowest BCUT2D eigenvalue weighted by molar-refractivity contribution is 0.411. The molecule has 0 bridgehead atoms. The average Bonchev–Trinajstić information content (AvgIpc) is 2.41. The van der Waals surface area contributed by atoms with Gasteiger partial charge in [-0.1, -0.05) is 23.7 Å². The molecule has 0 saturated carbocycles. The van der Waals surface area contributed by atoms with Crippen LogP contribution in [-0.2, 0) is 6.54 Å². The average molecular weight is 276 g/mol. The number of ether oxygens (including phenoxy) is 1. The third-order valence-corrected chi connectivity index (χ3v) is 3.61. The molecule has 0 aliphatic rings. The van der Waals surface area contributed by atoms with Gasteiger partial charge in [0.2, 0.25) is 0 Å². The van der Waals surface area contributed by atoms with Gasteiger partial charge in [0.05, 0.1) is 7.11 Å². The summed E-state index contributed by atoms with van der Waals surface area (Å²) in [5.74, 6) is 0.899. The molecule has 100 valence electrons. The highest BCUT2D eigenvalue weighted by Crippen LogP contribution is 2.34. The fourth-order valence-corrected chi connectivity index (χ4v) is 2.51. The Morgan fingerprint density at radius 2 is 1.79 bits per heavy atom. The summed E-state index contributed by atoms with van der Waals surface area (Å²) < 4.78 is 5.33. The Hall–Kier alpha value is -1.51. The van der Waals surface area contributed by atoms with Crippen LogP contribution >= 0.6 is 11.6 Å². The molecule has 0 atom stereocenters. The van der Waals surface area contributed by atoms with Gasteiger partial charge in [-0.25, -0.2) is 0 Å². The summed E-state index contributed by atoms with van der Waals surface area (Å²) in [5, 5.41) is 0.732. The number of halogens is 1. The van der Waals surface area contributed by atoms with Crippen molar-refractivity contribution in [3.8, 4) is 16.9 Å². The topological polar surface area (TPSA) is 35.2 Å². The second-order valence-electron chi connectivity index (χ2n) is 4.66. The first-order valence-electron chi connectivity index (χ1n) is 6.21. The van der Waals surface area contributed by atoms with Gasteiger partial charge in [-0.3, -0.25) is 0 Å². The fourth-order valence-electron chi connectivity index (χ4n) is 2.20. The number of rotatable bonds is 3. The van der Waals surface area contributed by atoms with Crippen LogP contribution in [-0.4, -0.2) is 7.11 Å². The van der Waals surface area contributed by atoms with Gasteiger partial charge in [0.15, 0.2) is 0 Å². The van der Waals surface area contributed by atoms with Crippen molar-refractivity contribution in [2.75, 3.05) is 7.11 Å². The molecule has 0 amide bonds. The number of hydrogen-bond donors (Lipinski definition) is 1. The summed E-state index contributed by atoms with van der Waals surface area (Å²) in [6.45, 7) is 4.59. The van der Waals surface area contributed by atoms with E-state index in [1.54, 1.807) is 7.11 Å². The van der Waals surface area contributed by atoms with Gasteiger partial charge in [0.1, 0.15) is 5.75 Å². The zero-order valence-corrected chi connectivity index (χ0v) is 12.2. The van der Waals surface area contributed by atoms with Crippen LogP contribution in [0.25, 0.3) is 11.1 Å². The Morgan fingerprint density at radius 1 is 1.05 bits per heavy atom. The predicted molar refractivity (Wildman–Crippen MR) is 80.8 cm³/mol. The van der Waals surface area contributed by atoms with Gasteiger partial charge in [-0.05, 0) is 54.3 Å². The maximum Gasteiger partial charge on any atom is 0.122 e. The van der Waals surface area contributed by atoms with Crippen molar-refractivity contribution in [2.45, 2.75) is 20.4 Å². The highest BCUT2D eigenvalue weighted by atomic mass is 35.5. The summed E-state index contributed by atoms with van der Waals surface area (Å²) >= 11 is 6.35. The SMILES string of the molecule is COc1cc(C)c(-c2ccc(CN)cc2Cl)cc1C. The monoisotopic (exact) mass is 275 g/mol.